The molecule has 0 saturated carbocycles. The molecule has 0 aromatic carbocycles. The third-order valence-electron chi connectivity index (χ3n) is 12.4. The molecule has 0 amide bonds. The lowest BCUT2D eigenvalue weighted by Crippen LogP contribution is -2.30. The molecule has 0 aromatic heterocycles. The molecule has 0 heterocycles. The highest BCUT2D eigenvalue weighted by molar-refractivity contribution is 5.71. The van der Waals surface area contributed by atoms with E-state index in [1.807, 2.05) is 0 Å². The summed E-state index contributed by atoms with van der Waals surface area (Å²) < 4.78 is 16.9. The molecule has 414 valence electrons. The predicted octanol–water partition coefficient (Wildman–Crippen LogP) is 20.4. The molecule has 0 saturated heterocycles. The number of hydrogen-bond donors (Lipinski definition) is 0. The van der Waals surface area contributed by atoms with E-state index in [2.05, 4.69) is 142 Å². The molecule has 6 heteroatoms. The summed E-state index contributed by atoms with van der Waals surface area (Å²) in [4.78, 5) is 38.3. The fourth-order valence-electron chi connectivity index (χ4n) is 7.98. The van der Waals surface area contributed by atoms with Crippen molar-refractivity contribution in [1.82, 2.24) is 0 Å². The monoisotopic (exact) mass is 1010 g/mol. The number of rotatable bonds is 53. The first kappa shape index (κ1) is 68.8. The number of esters is 3. The molecule has 1 unspecified atom stereocenters. The van der Waals surface area contributed by atoms with Crippen molar-refractivity contribution in [1.29, 1.82) is 0 Å². The highest BCUT2D eigenvalue weighted by Crippen LogP contribution is 2.14. The second kappa shape index (κ2) is 60.4. The average molecular weight is 1010 g/mol. The van der Waals surface area contributed by atoms with E-state index >= 15 is 0 Å². The van der Waals surface area contributed by atoms with Crippen LogP contribution in [-0.2, 0) is 28.6 Å². The van der Waals surface area contributed by atoms with Gasteiger partial charge in [-0.05, 0) is 128 Å². The highest BCUT2D eigenvalue weighted by Gasteiger charge is 2.19. The summed E-state index contributed by atoms with van der Waals surface area (Å²) in [7, 11) is 0. The van der Waals surface area contributed by atoms with E-state index in [1.165, 1.54) is 83.5 Å². The normalized spacial score (nSPS) is 13.0. The zero-order chi connectivity index (χ0) is 52.9. The zero-order valence-electron chi connectivity index (χ0n) is 47.4. The van der Waals surface area contributed by atoms with Crippen LogP contribution in [0.5, 0.6) is 0 Å². The minimum absolute atomic E-state index is 0.0974. The summed E-state index contributed by atoms with van der Waals surface area (Å²) in [6.45, 7) is 6.36. The summed E-state index contributed by atoms with van der Waals surface area (Å²) in [6, 6.07) is 0. The smallest absolute Gasteiger partial charge is 0.306 e. The van der Waals surface area contributed by atoms with Crippen LogP contribution in [0.3, 0.4) is 0 Å². The number of hydrogen-bond acceptors (Lipinski definition) is 6. The van der Waals surface area contributed by atoms with Crippen molar-refractivity contribution in [2.75, 3.05) is 13.2 Å². The lowest BCUT2D eigenvalue weighted by molar-refractivity contribution is -0.167. The van der Waals surface area contributed by atoms with Crippen LogP contribution in [-0.4, -0.2) is 37.2 Å². The molecule has 6 nitrogen and oxygen atoms in total. The minimum atomic E-state index is -0.802. The maximum Gasteiger partial charge on any atom is 0.306 e. The molecule has 0 radical (unpaired) electrons. The number of carbonyl (C=O) groups is 3. The Labute approximate surface area is 450 Å². The van der Waals surface area contributed by atoms with E-state index in [1.54, 1.807) is 0 Å². The Morgan fingerprint density at radius 1 is 0.288 bits per heavy atom. The lowest BCUT2D eigenvalue weighted by Gasteiger charge is -2.18. The van der Waals surface area contributed by atoms with Gasteiger partial charge in [0.15, 0.2) is 6.10 Å². The summed E-state index contributed by atoms with van der Waals surface area (Å²) in [5.74, 6) is -0.935. The first-order valence-electron chi connectivity index (χ1n) is 30.0. The van der Waals surface area contributed by atoms with Crippen LogP contribution in [0.1, 0.15) is 265 Å². The van der Waals surface area contributed by atoms with Gasteiger partial charge in [-0.3, -0.25) is 14.4 Å². The van der Waals surface area contributed by atoms with Gasteiger partial charge in [0.05, 0.1) is 0 Å². The molecule has 1 atom stereocenters. The van der Waals surface area contributed by atoms with Gasteiger partial charge in [0.25, 0.3) is 0 Å². The highest BCUT2D eigenvalue weighted by atomic mass is 16.6. The van der Waals surface area contributed by atoms with Gasteiger partial charge in [0.1, 0.15) is 13.2 Å². The molecule has 0 aromatic rings. The Morgan fingerprint density at radius 3 is 0.836 bits per heavy atom. The van der Waals surface area contributed by atoms with Crippen LogP contribution in [0.2, 0.25) is 0 Å². The summed E-state index contributed by atoms with van der Waals surface area (Å²) >= 11 is 0. The molecule has 0 spiro atoms. The van der Waals surface area contributed by atoms with Crippen molar-refractivity contribution in [3.8, 4) is 0 Å². The Kier molecular flexibility index (Phi) is 56.9. The van der Waals surface area contributed by atoms with Crippen molar-refractivity contribution in [2.24, 2.45) is 0 Å². The van der Waals surface area contributed by atoms with Crippen LogP contribution in [0.25, 0.3) is 0 Å². The zero-order valence-corrected chi connectivity index (χ0v) is 47.4. The Balaban J connectivity index is 4.46. The molecule has 0 aliphatic carbocycles. The van der Waals surface area contributed by atoms with E-state index < -0.39 is 6.10 Å². The molecule has 0 N–H and O–H groups in total. The maximum atomic E-state index is 12.9. The molecule has 73 heavy (non-hydrogen) atoms. The van der Waals surface area contributed by atoms with Crippen LogP contribution < -0.4 is 0 Å². The quantitative estimate of drug-likeness (QED) is 0.0261. The van der Waals surface area contributed by atoms with E-state index in [-0.39, 0.29) is 31.1 Å². The minimum Gasteiger partial charge on any atom is -0.462 e. The van der Waals surface area contributed by atoms with Gasteiger partial charge in [-0.25, -0.2) is 0 Å². The Hall–Kier alpha value is -4.19. The number of ether oxygens (including phenoxy) is 3. The molecule has 0 aliphatic heterocycles. The SMILES string of the molecule is CC/C=C\C/C=C\C/C=C\C/C=C\CCCCCCCCCCC(=O)OCC(COC(=O)CCCCCCCCC/C=C\C/C=C\CCCCC)OC(=O)CCCCCC/C=C\C/C=C\C/C=C\C/C=C\CC. The first-order valence-corrected chi connectivity index (χ1v) is 30.0. The Morgan fingerprint density at radius 2 is 0.534 bits per heavy atom. The van der Waals surface area contributed by atoms with E-state index in [0.717, 1.165) is 141 Å². The topological polar surface area (TPSA) is 78.9 Å². The fraction of sp³-hybridized carbons (Fsp3) is 0.657. The van der Waals surface area contributed by atoms with Crippen molar-refractivity contribution >= 4 is 17.9 Å². The molecule has 0 rings (SSSR count). The molecule has 0 bridgehead atoms. The van der Waals surface area contributed by atoms with Crippen LogP contribution >= 0.6 is 0 Å². The largest absolute Gasteiger partial charge is 0.462 e. The third-order valence-corrected chi connectivity index (χ3v) is 12.4. The Bertz CT molecular complexity index is 1540. The van der Waals surface area contributed by atoms with Gasteiger partial charge in [0, 0.05) is 19.3 Å². The fourth-order valence-corrected chi connectivity index (χ4v) is 7.98. The van der Waals surface area contributed by atoms with Gasteiger partial charge in [-0.1, -0.05) is 239 Å². The van der Waals surface area contributed by atoms with Gasteiger partial charge >= 0.3 is 17.9 Å². The molecular weight excluding hydrogens is 901 g/mol. The van der Waals surface area contributed by atoms with E-state index in [0.29, 0.717) is 19.3 Å². The van der Waals surface area contributed by atoms with Crippen molar-refractivity contribution in [3.63, 3.8) is 0 Å². The summed E-state index contributed by atoms with van der Waals surface area (Å²) in [6.07, 6.45) is 83.3. The second-order valence-corrected chi connectivity index (χ2v) is 19.5. The van der Waals surface area contributed by atoms with Gasteiger partial charge in [0.2, 0.25) is 0 Å². The lowest BCUT2D eigenvalue weighted by atomic mass is 10.1. The van der Waals surface area contributed by atoms with E-state index in [4.69, 9.17) is 14.2 Å². The van der Waals surface area contributed by atoms with Crippen LogP contribution in [0.4, 0.5) is 0 Å². The van der Waals surface area contributed by atoms with Crippen molar-refractivity contribution in [3.05, 3.63) is 122 Å². The standard InChI is InChI=1S/C67H110O6/c1-4-7-10-13-16-19-22-25-28-31-32-33-34-37-39-42-45-48-51-54-57-60-66(69)72-63-64(73-67(70)61-58-55-52-49-46-43-40-36-30-27-24-21-18-15-12-9-6-3)62-71-65(68)59-56-53-50-47-44-41-38-35-29-26-23-20-17-14-11-8-5-2/h7,9-10,12,16-21,25-30,32-33,40,43,64H,4-6,8,11,13-15,22-24,31,34-39,41-42,44-63H2,1-3H3/b10-7-,12-9-,19-16-,20-17-,21-18-,28-25-,29-26-,30-27-,33-32-,43-40-. The molecular formula is C67H110O6. The number of carbonyl (C=O) groups excluding carboxylic acids is 3. The van der Waals surface area contributed by atoms with Gasteiger partial charge < -0.3 is 14.2 Å². The third kappa shape index (κ3) is 58.6. The number of allylic oxidation sites excluding steroid dienone is 20. The van der Waals surface area contributed by atoms with Crippen LogP contribution in [0, 0.1) is 0 Å². The van der Waals surface area contributed by atoms with Gasteiger partial charge in [-0.2, -0.15) is 0 Å². The molecule has 0 fully saturated rings. The first-order chi connectivity index (χ1) is 36.0. The maximum absolute atomic E-state index is 12.9. The number of unbranched alkanes of at least 4 members (excludes halogenated alkanes) is 22. The average Bonchev–Trinajstić information content (AvgIpc) is 3.39. The van der Waals surface area contributed by atoms with Crippen LogP contribution in [0.15, 0.2) is 122 Å². The summed E-state index contributed by atoms with van der Waals surface area (Å²) in [5.41, 5.74) is 0. The van der Waals surface area contributed by atoms with Crippen molar-refractivity contribution in [2.45, 2.75) is 271 Å². The van der Waals surface area contributed by atoms with Crippen molar-refractivity contribution < 1.29 is 28.6 Å². The van der Waals surface area contributed by atoms with E-state index in [9.17, 15) is 14.4 Å². The van der Waals surface area contributed by atoms with Gasteiger partial charge in [-0.15, -0.1) is 0 Å². The second-order valence-electron chi connectivity index (χ2n) is 19.5. The predicted molar refractivity (Wildman–Crippen MR) is 316 cm³/mol. The molecule has 0 aliphatic rings. The summed E-state index contributed by atoms with van der Waals surface area (Å²) in [5, 5.41) is 0.